The van der Waals surface area contributed by atoms with Crippen molar-refractivity contribution >= 4 is 6.16 Å². The number of carbonyl (C=O) groups is 1. The summed E-state index contributed by atoms with van der Waals surface area (Å²) in [6.45, 7) is 9.59. The molecule has 0 spiro atoms. The molecule has 0 rings (SSSR count). The van der Waals surface area contributed by atoms with Crippen molar-refractivity contribution in [3.63, 3.8) is 0 Å². The molecular weight excluding hydrogens is 411 g/mol. The Labute approximate surface area is 183 Å². The van der Waals surface area contributed by atoms with Crippen molar-refractivity contribution in [2.45, 2.75) is 20.0 Å². The lowest BCUT2D eigenvalue weighted by Gasteiger charge is -2.31. The summed E-state index contributed by atoms with van der Waals surface area (Å²) in [5.74, 6) is 0. The van der Waals surface area contributed by atoms with E-state index in [1.54, 1.807) is 6.92 Å². The number of ether oxygens (including phenoxy) is 5. The summed E-state index contributed by atoms with van der Waals surface area (Å²) < 4.78 is 27.1. The highest BCUT2D eigenvalue weighted by Gasteiger charge is 2.20. The molecule has 0 amide bonds. The molecule has 0 aliphatic rings. The van der Waals surface area contributed by atoms with Gasteiger partial charge in [-0.2, -0.15) is 0 Å². The van der Waals surface area contributed by atoms with Crippen LogP contribution in [0.5, 0.6) is 0 Å². The Kier molecular flexibility index (Phi) is 23.0. The maximum Gasteiger partial charge on any atom is 0.508 e. The average Bonchev–Trinajstić information content (AvgIpc) is 2.55. The standard InChI is InChI=1S/C18H39N2O6.2ClH/c1-7-19(3)15-17(16-20(4,5)6)25-13-11-22-9-10-23-12-14-26-18(21)24-8-2;;/h17H,7-16H2,1-6H3;2*1H/q+1;;/p-2. The van der Waals surface area contributed by atoms with E-state index < -0.39 is 6.16 Å². The summed E-state index contributed by atoms with van der Waals surface area (Å²) in [5.41, 5.74) is 0. The van der Waals surface area contributed by atoms with Crippen molar-refractivity contribution in [1.82, 2.24) is 4.90 Å². The van der Waals surface area contributed by atoms with E-state index in [0.717, 1.165) is 24.1 Å². The number of carbonyl (C=O) groups excluding carboxylic acids is 1. The first-order valence-electron chi connectivity index (χ1n) is 9.34. The third kappa shape index (κ3) is 21.9. The average molecular weight is 450 g/mol. The van der Waals surface area contributed by atoms with Crippen LogP contribution >= 0.6 is 0 Å². The van der Waals surface area contributed by atoms with Crippen LogP contribution in [0.2, 0.25) is 0 Å². The lowest BCUT2D eigenvalue weighted by Crippen LogP contribution is -3.00. The number of likely N-dealkylation sites (N-methyl/N-ethyl adjacent to an activating group) is 2. The molecule has 8 nitrogen and oxygen atoms in total. The summed E-state index contributed by atoms with van der Waals surface area (Å²) in [6, 6.07) is 0. The quantitative estimate of drug-likeness (QED) is 0.133. The summed E-state index contributed by atoms with van der Waals surface area (Å²) in [7, 11) is 8.61. The van der Waals surface area contributed by atoms with Gasteiger partial charge in [-0.25, -0.2) is 4.79 Å². The molecule has 0 aliphatic carbocycles. The fourth-order valence-electron chi connectivity index (χ4n) is 2.19. The first-order valence-corrected chi connectivity index (χ1v) is 9.34. The predicted octanol–water partition coefficient (Wildman–Crippen LogP) is -4.76. The normalized spacial score (nSPS) is 12.1. The van der Waals surface area contributed by atoms with Crippen molar-refractivity contribution in [3.8, 4) is 0 Å². The molecule has 0 aromatic rings. The molecule has 0 bridgehead atoms. The molecule has 28 heavy (non-hydrogen) atoms. The van der Waals surface area contributed by atoms with Crippen LogP contribution in [0.3, 0.4) is 0 Å². The number of halogens is 2. The smallest absolute Gasteiger partial charge is 0.508 e. The van der Waals surface area contributed by atoms with Gasteiger partial charge in [0.1, 0.15) is 19.3 Å². The van der Waals surface area contributed by atoms with Crippen molar-refractivity contribution in [2.75, 3.05) is 94.1 Å². The lowest BCUT2D eigenvalue weighted by atomic mass is 10.3. The molecule has 0 aliphatic heterocycles. The molecule has 0 saturated heterocycles. The van der Waals surface area contributed by atoms with E-state index in [0.29, 0.717) is 39.6 Å². The Balaban J connectivity index is -0.00000312. The van der Waals surface area contributed by atoms with Crippen LogP contribution in [-0.4, -0.2) is 116 Å². The number of hydrogen-bond acceptors (Lipinski definition) is 7. The van der Waals surface area contributed by atoms with Crippen LogP contribution in [0, 0.1) is 0 Å². The van der Waals surface area contributed by atoms with Gasteiger partial charge in [0.2, 0.25) is 0 Å². The Bertz CT molecular complexity index is 359. The van der Waals surface area contributed by atoms with Crippen molar-refractivity contribution in [3.05, 3.63) is 0 Å². The zero-order valence-electron chi connectivity index (χ0n) is 18.2. The number of quaternary nitrogens is 1. The fourth-order valence-corrected chi connectivity index (χ4v) is 2.19. The predicted molar refractivity (Wildman–Crippen MR) is 100 cm³/mol. The fraction of sp³-hybridized carbons (Fsp3) is 0.944. The molecule has 0 heterocycles. The summed E-state index contributed by atoms with van der Waals surface area (Å²) in [6.07, 6.45) is -0.485. The molecule has 10 heteroatoms. The first kappa shape index (κ1) is 32.3. The molecular formula is C18H39Cl2N2O6-. The SMILES string of the molecule is CCOC(=O)OCCOCCOCCOC(CN(C)CC)C[N+](C)(C)C.[Cl-].[Cl-]. The molecule has 0 radical (unpaired) electrons. The molecule has 0 aromatic carbocycles. The van der Waals surface area contributed by atoms with Gasteiger partial charge >= 0.3 is 6.16 Å². The highest BCUT2D eigenvalue weighted by atomic mass is 35.5. The molecule has 0 N–H and O–H groups in total. The van der Waals surface area contributed by atoms with Gasteiger partial charge in [-0.3, -0.25) is 0 Å². The van der Waals surface area contributed by atoms with Crippen LogP contribution in [0.1, 0.15) is 13.8 Å². The monoisotopic (exact) mass is 449 g/mol. The van der Waals surface area contributed by atoms with Gasteiger partial charge in [-0.15, -0.1) is 0 Å². The minimum atomic E-state index is -0.665. The van der Waals surface area contributed by atoms with E-state index in [2.05, 4.69) is 44.8 Å². The van der Waals surface area contributed by atoms with Crippen molar-refractivity contribution in [2.24, 2.45) is 0 Å². The third-order valence-electron chi connectivity index (χ3n) is 3.47. The molecule has 1 atom stereocenters. The van der Waals surface area contributed by atoms with E-state index in [9.17, 15) is 4.79 Å². The van der Waals surface area contributed by atoms with Crippen LogP contribution in [0.4, 0.5) is 4.79 Å². The summed E-state index contributed by atoms with van der Waals surface area (Å²) >= 11 is 0. The number of rotatable bonds is 16. The van der Waals surface area contributed by atoms with Gasteiger partial charge in [0.05, 0.1) is 60.8 Å². The Morgan fingerprint density at radius 1 is 0.893 bits per heavy atom. The number of nitrogens with zero attached hydrogens (tertiary/aromatic N) is 2. The third-order valence-corrected chi connectivity index (χ3v) is 3.47. The molecule has 1 unspecified atom stereocenters. The Hall–Kier alpha value is -0.350. The van der Waals surface area contributed by atoms with E-state index >= 15 is 0 Å². The second-order valence-corrected chi connectivity index (χ2v) is 7.08. The van der Waals surface area contributed by atoms with Crippen molar-refractivity contribution < 1.29 is 57.8 Å². The molecule has 172 valence electrons. The zero-order valence-corrected chi connectivity index (χ0v) is 19.8. The van der Waals surface area contributed by atoms with Crippen LogP contribution in [0.25, 0.3) is 0 Å². The second-order valence-electron chi connectivity index (χ2n) is 7.08. The van der Waals surface area contributed by atoms with E-state index in [1.165, 1.54) is 0 Å². The highest BCUT2D eigenvalue weighted by Crippen LogP contribution is 2.02. The maximum absolute atomic E-state index is 10.9. The van der Waals surface area contributed by atoms with Gasteiger partial charge in [-0.1, -0.05) is 6.92 Å². The van der Waals surface area contributed by atoms with E-state index in [4.69, 9.17) is 18.9 Å². The highest BCUT2D eigenvalue weighted by molar-refractivity contribution is 5.59. The van der Waals surface area contributed by atoms with Crippen LogP contribution in [-0.2, 0) is 23.7 Å². The van der Waals surface area contributed by atoms with E-state index in [-0.39, 0.29) is 37.5 Å². The molecule has 0 aromatic heterocycles. The van der Waals surface area contributed by atoms with E-state index in [1.807, 2.05) is 0 Å². The molecule has 0 saturated carbocycles. The lowest BCUT2D eigenvalue weighted by molar-refractivity contribution is -0.873. The largest absolute Gasteiger partial charge is 1.00 e. The summed E-state index contributed by atoms with van der Waals surface area (Å²) in [5, 5.41) is 0. The van der Waals surface area contributed by atoms with Gasteiger partial charge in [0, 0.05) is 6.54 Å². The van der Waals surface area contributed by atoms with Gasteiger partial charge in [-0.05, 0) is 20.5 Å². The minimum Gasteiger partial charge on any atom is -1.00 e. The van der Waals surface area contributed by atoms with Crippen molar-refractivity contribution in [1.29, 1.82) is 0 Å². The Morgan fingerprint density at radius 2 is 1.43 bits per heavy atom. The van der Waals surface area contributed by atoms with Gasteiger partial charge < -0.3 is 57.9 Å². The summed E-state index contributed by atoms with van der Waals surface area (Å²) in [4.78, 5) is 13.2. The number of hydrogen-bond donors (Lipinski definition) is 0. The maximum atomic E-state index is 10.9. The molecule has 0 fully saturated rings. The zero-order chi connectivity index (χ0) is 19.8. The van der Waals surface area contributed by atoms with Gasteiger partial charge in [0.15, 0.2) is 0 Å². The first-order chi connectivity index (χ1) is 12.3. The van der Waals surface area contributed by atoms with Crippen LogP contribution < -0.4 is 24.8 Å². The second kappa shape index (κ2) is 19.9. The topological polar surface area (TPSA) is 66.5 Å². The Morgan fingerprint density at radius 3 is 1.93 bits per heavy atom. The minimum absolute atomic E-state index is 0. The van der Waals surface area contributed by atoms with Gasteiger partial charge in [0.25, 0.3) is 0 Å². The van der Waals surface area contributed by atoms with Crippen LogP contribution in [0.15, 0.2) is 0 Å².